The molecule has 0 atom stereocenters. The van der Waals surface area contributed by atoms with Crippen molar-refractivity contribution in [1.82, 2.24) is 4.57 Å². The van der Waals surface area contributed by atoms with E-state index in [1.165, 1.54) is 0 Å². The summed E-state index contributed by atoms with van der Waals surface area (Å²) >= 11 is 0. The smallest absolute Gasteiger partial charge is 0.249 e. The molecule has 0 saturated carbocycles. The SMILES string of the molecule is COc1ccc(-c2ccc3c4c(C(N)=O)cccc4n(Cc4ccccc4OC)c3c2)cc1. The maximum absolute atomic E-state index is 12.3. The molecule has 0 unspecified atom stereocenters. The molecule has 0 aliphatic heterocycles. The lowest BCUT2D eigenvalue weighted by Crippen LogP contribution is -2.11. The van der Waals surface area contributed by atoms with Crippen LogP contribution in [-0.2, 0) is 6.54 Å². The van der Waals surface area contributed by atoms with E-state index in [1.807, 2.05) is 54.6 Å². The van der Waals surface area contributed by atoms with Gasteiger partial charge in [0.2, 0.25) is 5.91 Å². The van der Waals surface area contributed by atoms with Crippen LogP contribution in [0.25, 0.3) is 32.9 Å². The van der Waals surface area contributed by atoms with E-state index in [0.29, 0.717) is 12.1 Å². The number of carbonyl (C=O) groups is 1. The summed E-state index contributed by atoms with van der Waals surface area (Å²) in [7, 11) is 3.34. The third kappa shape index (κ3) is 3.57. The number of nitrogens with two attached hydrogens (primary N) is 1. The average molecular weight is 437 g/mol. The number of benzene rings is 4. The highest BCUT2D eigenvalue weighted by Crippen LogP contribution is 2.36. The second-order valence-electron chi connectivity index (χ2n) is 7.92. The van der Waals surface area contributed by atoms with Crippen LogP contribution in [0, 0.1) is 0 Å². The topological polar surface area (TPSA) is 66.5 Å². The number of fused-ring (bicyclic) bond motifs is 3. The fraction of sp³-hybridized carbons (Fsp3) is 0.107. The van der Waals surface area contributed by atoms with E-state index >= 15 is 0 Å². The molecule has 1 amide bonds. The maximum Gasteiger partial charge on any atom is 0.249 e. The first-order chi connectivity index (χ1) is 16.1. The molecular formula is C28H24N2O3. The number of primary amides is 1. The lowest BCUT2D eigenvalue weighted by atomic mass is 10.0. The summed E-state index contributed by atoms with van der Waals surface area (Å²) in [4.78, 5) is 12.3. The fourth-order valence-electron chi connectivity index (χ4n) is 4.49. The van der Waals surface area contributed by atoms with Gasteiger partial charge in [-0.2, -0.15) is 0 Å². The van der Waals surface area contributed by atoms with Gasteiger partial charge in [-0.1, -0.05) is 48.5 Å². The van der Waals surface area contributed by atoms with Gasteiger partial charge in [-0.25, -0.2) is 0 Å². The summed E-state index contributed by atoms with van der Waals surface area (Å²) in [5, 5.41) is 1.86. The summed E-state index contributed by atoms with van der Waals surface area (Å²) in [5.74, 6) is 1.21. The second kappa shape index (κ2) is 8.36. The van der Waals surface area contributed by atoms with Gasteiger partial charge in [0.1, 0.15) is 11.5 Å². The Balaban J connectivity index is 1.77. The number of aromatic nitrogens is 1. The Morgan fingerprint density at radius 3 is 2.30 bits per heavy atom. The molecule has 0 spiro atoms. The van der Waals surface area contributed by atoms with Crippen molar-refractivity contribution in [1.29, 1.82) is 0 Å². The number of nitrogens with zero attached hydrogens (tertiary/aromatic N) is 1. The molecule has 2 N–H and O–H groups in total. The molecule has 0 aliphatic rings. The first-order valence-electron chi connectivity index (χ1n) is 10.7. The summed E-state index contributed by atoms with van der Waals surface area (Å²) in [6.45, 7) is 0.596. The van der Waals surface area contributed by atoms with Gasteiger partial charge in [-0.15, -0.1) is 0 Å². The van der Waals surface area contributed by atoms with Crippen molar-refractivity contribution in [3.05, 3.63) is 96.1 Å². The van der Waals surface area contributed by atoms with Crippen LogP contribution in [0.4, 0.5) is 0 Å². The molecule has 1 aromatic heterocycles. The zero-order valence-corrected chi connectivity index (χ0v) is 18.5. The van der Waals surface area contributed by atoms with E-state index in [0.717, 1.165) is 50.0 Å². The molecule has 5 rings (SSSR count). The molecule has 0 saturated heterocycles. The number of ether oxygens (including phenoxy) is 2. The van der Waals surface area contributed by atoms with Crippen LogP contribution in [-0.4, -0.2) is 24.7 Å². The highest BCUT2D eigenvalue weighted by atomic mass is 16.5. The Bertz CT molecular complexity index is 1480. The molecule has 0 bridgehead atoms. The largest absolute Gasteiger partial charge is 0.497 e. The van der Waals surface area contributed by atoms with Crippen LogP contribution < -0.4 is 15.2 Å². The summed E-state index contributed by atoms with van der Waals surface area (Å²) in [5.41, 5.74) is 11.5. The number of methoxy groups -OCH3 is 2. The zero-order valence-electron chi connectivity index (χ0n) is 18.5. The quantitative estimate of drug-likeness (QED) is 0.375. The minimum atomic E-state index is -0.434. The number of carbonyl (C=O) groups excluding carboxylic acids is 1. The molecule has 33 heavy (non-hydrogen) atoms. The van der Waals surface area contributed by atoms with E-state index in [9.17, 15) is 4.79 Å². The van der Waals surface area contributed by atoms with E-state index in [1.54, 1.807) is 20.3 Å². The van der Waals surface area contributed by atoms with Crippen LogP contribution in [0.5, 0.6) is 11.5 Å². The van der Waals surface area contributed by atoms with Gasteiger partial charge in [0.15, 0.2) is 0 Å². The molecule has 0 aliphatic carbocycles. The van der Waals surface area contributed by atoms with Crippen molar-refractivity contribution in [3.8, 4) is 22.6 Å². The third-order valence-electron chi connectivity index (χ3n) is 6.10. The normalized spacial score (nSPS) is 11.1. The Labute approximate surface area is 192 Å². The van der Waals surface area contributed by atoms with Crippen LogP contribution in [0.15, 0.2) is 84.9 Å². The van der Waals surface area contributed by atoms with Crippen LogP contribution >= 0.6 is 0 Å². The van der Waals surface area contributed by atoms with Gasteiger partial charge in [0.25, 0.3) is 0 Å². The number of rotatable bonds is 6. The molecular weight excluding hydrogens is 412 g/mol. The van der Waals surface area contributed by atoms with E-state index in [-0.39, 0.29) is 0 Å². The van der Waals surface area contributed by atoms with Crippen LogP contribution in [0.1, 0.15) is 15.9 Å². The van der Waals surface area contributed by atoms with E-state index in [4.69, 9.17) is 15.2 Å². The fourth-order valence-corrected chi connectivity index (χ4v) is 4.49. The van der Waals surface area contributed by atoms with Crippen molar-refractivity contribution in [3.63, 3.8) is 0 Å². The van der Waals surface area contributed by atoms with Gasteiger partial charge in [-0.3, -0.25) is 4.79 Å². The highest BCUT2D eigenvalue weighted by Gasteiger charge is 2.18. The van der Waals surface area contributed by atoms with Crippen molar-refractivity contribution >= 4 is 27.7 Å². The van der Waals surface area contributed by atoms with Crippen molar-refractivity contribution in [2.45, 2.75) is 6.54 Å². The average Bonchev–Trinajstić information content (AvgIpc) is 3.17. The van der Waals surface area contributed by atoms with Gasteiger partial charge < -0.3 is 19.8 Å². The Morgan fingerprint density at radius 2 is 1.58 bits per heavy atom. The van der Waals surface area contributed by atoms with Crippen molar-refractivity contribution in [2.75, 3.05) is 14.2 Å². The predicted octanol–water partition coefficient (Wildman–Crippen LogP) is 5.63. The van der Waals surface area contributed by atoms with E-state index < -0.39 is 5.91 Å². The first-order valence-corrected chi connectivity index (χ1v) is 10.7. The molecule has 4 aromatic carbocycles. The second-order valence-corrected chi connectivity index (χ2v) is 7.92. The molecule has 1 heterocycles. The summed E-state index contributed by atoms with van der Waals surface area (Å²) in [6.07, 6.45) is 0. The highest BCUT2D eigenvalue weighted by molar-refractivity contribution is 6.18. The summed E-state index contributed by atoms with van der Waals surface area (Å²) in [6, 6.07) is 28.0. The number of amides is 1. The molecule has 164 valence electrons. The minimum Gasteiger partial charge on any atom is -0.497 e. The van der Waals surface area contributed by atoms with E-state index in [2.05, 4.69) is 28.8 Å². The molecule has 5 heteroatoms. The molecule has 5 nitrogen and oxygen atoms in total. The summed E-state index contributed by atoms with van der Waals surface area (Å²) < 4.78 is 13.1. The number of hydrogen-bond acceptors (Lipinski definition) is 3. The van der Waals surface area contributed by atoms with Gasteiger partial charge >= 0.3 is 0 Å². The minimum absolute atomic E-state index is 0.434. The van der Waals surface area contributed by atoms with Gasteiger partial charge in [-0.05, 0) is 47.5 Å². The monoisotopic (exact) mass is 436 g/mol. The number of hydrogen-bond donors (Lipinski definition) is 1. The molecule has 5 aromatic rings. The standard InChI is InChI=1S/C28H24N2O3/c1-32-21-13-10-18(11-14-21)19-12-15-22-25(16-19)30(17-20-6-3-4-9-26(20)33-2)24-8-5-7-23(27(22)24)28(29)31/h3-16H,17H2,1-2H3,(H2,29,31). The molecule has 0 fully saturated rings. The predicted molar refractivity (Wildman–Crippen MR) is 132 cm³/mol. The van der Waals surface area contributed by atoms with Gasteiger partial charge in [0, 0.05) is 21.9 Å². The lowest BCUT2D eigenvalue weighted by Gasteiger charge is -2.12. The van der Waals surface area contributed by atoms with Crippen LogP contribution in [0.3, 0.4) is 0 Å². The first kappa shape index (κ1) is 20.6. The van der Waals surface area contributed by atoms with Crippen molar-refractivity contribution < 1.29 is 14.3 Å². The Morgan fingerprint density at radius 1 is 0.818 bits per heavy atom. The zero-order chi connectivity index (χ0) is 22.9. The van der Waals surface area contributed by atoms with Gasteiger partial charge in [0.05, 0.1) is 31.8 Å². The molecule has 0 radical (unpaired) electrons. The Kier molecular flexibility index (Phi) is 5.23. The lowest BCUT2D eigenvalue weighted by molar-refractivity contribution is 0.100. The Hall–Kier alpha value is -4.25. The third-order valence-corrected chi connectivity index (χ3v) is 6.10. The maximum atomic E-state index is 12.3. The van der Waals surface area contributed by atoms with Crippen molar-refractivity contribution in [2.24, 2.45) is 5.73 Å². The number of para-hydroxylation sites is 1. The van der Waals surface area contributed by atoms with Crippen LogP contribution in [0.2, 0.25) is 0 Å².